The third kappa shape index (κ3) is 10.2. The van der Waals surface area contributed by atoms with Gasteiger partial charge in [0.15, 0.2) is 0 Å². The largest absolute Gasteiger partial charge is 0.481 e. The van der Waals surface area contributed by atoms with E-state index in [1.54, 1.807) is 27.7 Å². The number of hydrogen-bond acceptors (Lipinski definition) is 7. The van der Waals surface area contributed by atoms with Crippen LogP contribution in [0.1, 0.15) is 47.0 Å². The van der Waals surface area contributed by atoms with Crippen LogP contribution in [0.15, 0.2) is 0 Å². The summed E-state index contributed by atoms with van der Waals surface area (Å²) in [6.07, 6.45) is -1.35. The van der Waals surface area contributed by atoms with E-state index in [9.17, 15) is 28.8 Å². The summed E-state index contributed by atoms with van der Waals surface area (Å²) in [4.78, 5) is 70.9. The summed E-state index contributed by atoms with van der Waals surface area (Å²) in [6, 6.07) is -5.06. The molecule has 4 atom stereocenters. The maximum absolute atomic E-state index is 12.8. The molecule has 0 fully saturated rings. The maximum atomic E-state index is 12.8. The van der Waals surface area contributed by atoms with Crippen molar-refractivity contribution >= 4 is 35.6 Å². The van der Waals surface area contributed by atoms with E-state index in [0.717, 1.165) is 0 Å². The van der Waals surface area contributed by atoms with Crippen LogP contribution in [0, 0.1) is 11.8 Å². The summed E-state index contributed by atoms with van der Waals surface area (Å²) in [6.45, 7) is 6.54. The van der Waals surface area contributed by atoms with Gasteiger partial charge < -0.3 is 37.6 Å². The molecule has 182 valence electrons. The van der Waals surface area contributed by atoms with Gasteiger partial charge in [-0.1, -0.05) is 27.7 Å². The fraction of sp³-hybridized carbons (Fsp3) is 0.684. The Morgan fingerprint density at radius 2 is 1.31 bits per heavy atom. The highest BCUT2D eigenvalue weighted by Crippen LogP contribution is 2.07. The summed E-state index contributed by atoms with van der Waals surface area (Å²) >= 11 is 0. The molecule has 4 unspecified atom stereocenters. The molecule has 0 radical (unpaired) electrons. The SMILES string of the molecule is CC(C)C(N)C(=O)NC(CCC(=O)O)C(=O)NC(C(=O)NC(CC(N)=O)C(=O)O)C(C)C. The number of carboxylic acids is 2. The Hall–Kier alpha value is -3.22. The molecule has 0 aliphatic carbocycles. The molecular formula is C19H33N5O8. The molecule has 32 heavy (non-hydrogen) atoms. The Kier molecular flexibility index (Phi) is 11.9. The minimum atomic E-state index is -1.59. The smallest absolute Gasteiger partial charge is 0.326 e. The van der Waals surface area contributed by atoms with E-state index in [0.29, 0.717) is 0 Å². The van der Waals surface area contributed by atoms with Crippen molar-refractivity contribution in [3.63, 3.8) is 0 Å². The van der Waals surface area contributed by atoms with Crippen LogP contribution in [0.4, 0.5) is 0 Å². The number of aliphatic carboxylic acids is 2. The number of primary amides is 1. The van der Waals surface area contributed by atoms with E-state index >= 15 is 0 Å². The Morgan fingerprint density at radius 1 is 0.781 bits per heavy atom. The van der Waals surface area contributed by atoms with Crippen LogP contribution in [0.25, 0.3) is 0 Å². The van der Waals surface area contributed by atoms with E-state index in [1.807, 2.05) is 0 Å². The summed E-state index contributed by atoms with van der Waals surface area (Å²) in [7, 11) is 0. The molecule has 13 nitrogen and oxygen atoms in total. The quantitative estimate of drug-likeness (QED) is 0.151. The molecule has 0 saturated heterocycles. The molecule has 0 bridgehead atoms. The molecule has 9 N–H and O–H groups in total. The molecular weight excluding hydrogens is 426 g/mol. The van der Waals surface area contributed by atoms with Crippen LogP contribution in [0.2, 0.25) is 0 Å². The van der Waals surface area contributed by atoms with Crippen molar-refractivity contribution in [2.45, 2.75) is 71.1 Å². The fourth-order valence-corrected chi connectivity index (χ4v) is 2.56. The molecule has 0 spiro atoms. The van der Waals surface area contributed by atoms with Gasteiger partial charge in [-0.25, -0.2) is 4.79 Å². The van der Waals surface area contributed by atoms with Crippen molar-refractivity contribution in [3.8, 4) is 0 Å². The molecule has 0 rings (SSSR count). The molecule has 0 aliphatic rings. The van der Waals surface area contributed by atoms with Crippen molar-refractivity contribution in [2.24, 2.45) is 23.3 Å². The Morgan fingerprint density at radius 3 is 1.72 bits per heavy atom. The third-order valence-electron chi connectivity index (χ3n) is 4.57. The van der Waals surface area contributed by atoms with Gasteiger partial charge in [-0.05, 0) is 18.3 Å². The summed E-state index contributed by atoms with van der Waals surface area (Å²) in [5.74, 6) is -6.78. The minimum absolute atomic E-state index is 0.245. The number of rotatable bonds is 14. The normalized spacial score (nSPS) is 14.7. The minimum Gasteiger partial charge on any atom is -0.481 e. The predicted octanol–water partition coefficient (Wildman–Crippen LogP) is -2.10. The lowest BCUT2D eigenvalue weighted by Gasteiger charge is -2.27. The van der Waals surface area contributed by atoms with Crippen LogP contribution in [-0.4, -0.2) is 69.9 Å². The average molecular weight is 460 g/mol. The Balaban J connectivity index is 5.51. The van der Waals surface area contributed by atoms with Crippen molar-refractivity contribution < 1.29 is 39.0 Å². The average Bonchev–Trinajstić information content (AvgIpc) is 2.66. The van der Waals surface area contributed by atoms with E-state index in [4.69, 9.17) is 21.7 Å². The molecule has 4 amide bonds. The molecule has 0 heterocycles. The second kappa shape index (κ2) is 13.2. The first-order valence-corrected chi connectivity index (χ1v) is 10.1. The second-order valence-electron chi connectivity index (χ2n) is 8.06. The van der Waals surface area contributed by atoms with Crippen LogP contribution >= 0.6 is 0 Å². The first-order valence-electron chi connectivity index (χ1n) is 10.1. The van der Waals surface area contributed by atoms with Crippen molar-refractivity contribution in [1.82, 2.24) is 16.0 Å². The summed E-state index contributed by atoms with van der Waals surface area (Å²) < 4.78 is 0. The van der Waals surface area contributed by atoms with E-state index < -0.39 is 78.5 Å². The Bertz CT molecular complexity index is 725. The molecule has 0 aromatic heterocycles. The third-order valence-corrected chi connectivity index (χ3v) is 4.57. The lowest BCUT2D eigenvalue weighted by Crippen LogP contribution is -2.59. The van der Waals surface area contributed by atoms with Gasteiger partial charge in [0.2, 0.25) is 23.6 Å². The summed E-state index contributed by atoms with van der Waals surface area (Å²) in [5, 5.41) is 25.0. The predicted molar refractivity (Wildman–Crippen MR) is 112 cm³/mol. The number of carbonyl (C=O) groups is 6. The van der Waals surface area contributed by atoms with E-state index in [2.05, 4.69) is 16.0 Å². The van der Waals surface area contributed by atoms with Crippen LogP contribution in [-0.2, 0) is 28.8 Å². The monoisotopic (exact) mass is 459 g/mol. The van der Waals surface area contributed by atoms with Gasteiger partial charge in [-0.2, -0.15) is 0 Å². The van der Waals surface area contributed by atoms with Gasteiger partial charge in [-0.3, -0.25) is 24.0 Å². The van der Waals surface area contributed by atoms with Gasteiger partial charge >= 0.3 is 11.9 Å². The van der Waals surface area contributed by atoms with Crippen molar-refractivity contribution in [2.75, 3.05) is 0 Å². The topological polar surface area (TPSA) is 231 Å². The number of carboxylic acid groups (broad SMARTS) is 2. The highest BCUT2D eigenvalue weighted by atomic mass is 16.4. The van der Waals surface area contributed by atoms with Crippen molar-refractivity contribution in [1.29, 1.82) is 0 Å². The lowest BCUT2D eigenvalue weighted by molar-refractivity contribution is -0.144. The second-order valence-corrected chi connectivity index (χ2v) is 8.06. The standard InChI is InChI=1S/C19H33N5O8/c1-8(2)14(21)17(29)22-10(5-6-13(26)27)16(28)24-15(9(3)4)18(30)23-11(19(31)32)7-12(20)25/h8-11,14-15H,5-7,21H2,1-4H3,(H2,20,25)(H,22,29)(H,23,30)(H,24,28)(H,26,27)(H,31,32). The van der Waals surface area contributed by atoms with Crippen LogP contribution in [0.5, 0.6) is 0 Å². The summed E-state index contributed by atoms with van der Waals surface area (Å²) in [5.41, 5.74) is 10.8. The first kappa shape index (κ1) is 28.8. The number of hydrogen-bond donors (Lipinski definition) is 7. The zero-order chi connectivity index (χ0) is 25.2. The zero-order valence-electron chi connectivity index (χ0n) is 18.6. The van der Waals surface area contributed by atoms with Gasteiger partial charge in [0.1, 0.15) is 18.1 Å². The number of nitrogens with two attached hydrogens (primary N) is 2. The molecule has 0 aromatic carbocycles. The number of amides is 4. The highest BCUT2D eigenvalue weighted by molar-refractivity contribution is 5.95. The van der Waals surface area contributed by atoms with Gasteiger partial charge in [0, 0.05) is 6.42 Å². The van der Waals surface area contributed by atoms with Gasteiger partial charge in [0.25, 0.3) is 0 Å². The lowest BCUT2D eigenvalue weighted by atomic mass is 10.0. The number of nitrogens with one attached hydrogen (secondary N) is 3. The van der Waals surface area contributed by atoms with Crippen LogP contribution in [0.3, 0.4) is 0 Å². The molecule has 0 aliphatic heterocycles. The van der Waals surface area contributed by atoms with E-state index in [-0.39, 0.29) is 12.3 Å². The van der Waals surface area contributed by atoms with Gasteiger partial charge in [0.05, 0.1) is 12.5 Å². The first-order chi connectivity index (χ1) is 14.7. The number of carbonyl (C=O) groups excluding carboxylic acids is 4. The zero-order valence-corrected chi connectivity index (χ0v) is 18.6. The van der Waals surface area contributed by atoms with Crippen LogP contribution < -0.4 is 27.4 Å². The molecule has 0 aromatic rings. The Labute approximate surface area is 185 Å². The van der Waals surface area contributed by atoms with Crippen molar-refractivity contribution in [3.05, 3.63) is 0 Å². The molecule has 13 heteroatoms. The maximum Gasteiger partial charge on any atom is 0.326 e. The highest BCUT2D eigenvalue weighted by Gasteiger charge is 2.32. The molecule has 0 saturated carbocycles. The van der Waals surface area contributed by atoms with E-state index in [1.165, 1.54) is 0 Å². The fourth-order valence-electron chi connectivity index (χ4n) is 2.56. The van der Waals surface area contributed by atoms with Gasteiger partial charge in [-0.15, -0.1) is 0 Å².